The van der Waals surface area contributed by atoms with Crippen molar-refractivity contribution in [2.75, 3.05) is 0 Å². The van der Waals surface area contributed by atoms with E-state index < -0.39 is 5.76 Å². The quantitative estimate of drug-likeness (QED) is 0.818. The summed E-state index contributed by atoms with van der Waals surface area (Å²) in [5.41, 5.74) is 0.380. The topological polar surface area (TPSA) is 57.3 Å². The van der Waals surface area contributed by atoms with Gasteiger partial charge in [0.15, 0.2) is 0 Å². The van der Waals surface area contributed by atoms with Crippen LogP contribution in [0.5, 0.6) is 5.75 Å². The van der Waals surface area contributed by atoms with Crippen molar-refractivity contribution in [2.45, 2.75) is 40.2 Å². The molecule has 1 aromatic carbocycles. The van der Waals surface area contributed by atoms with E-state index in [2.05, 4.69) is 5.10 Å². The predicted molar refractivity (Wildman–Crippen MR) is 86.4 cm³/mol. The highest BCUT2D eigenvalue weighted by Gasteiger charge is 2.17. The summed E-state index contributed by atoms with van der Waals surface area (Å²) < 4.78 is 11.9. The lowest BCUT2D eigenvalue weighted by Crippen LogP contribution is -2.14. The maximum absolute atomic E-state index is 12.0. The molecule has 7 heteroatoms. The molecule has 0 bridgehead atoms. The number of ether oxygens (including phenoxy) is 1. The second-order valence-corrected chi connectivity index (χ2v) is 6.49. The van der Waals surface area contributed by atoms with Gasteiger partial charge in [0.2, 0.25) is 5.89 Å². The van der Waals surface area contributed by atoms with Crippen molar-refractivity contribution in [1.82, 2.24) is 9.78 Å². The van der Waals surface area contributed by atoms with Crippen LogP contribution in [-0.2, 0) is 6.42 Å². The molecule has 0 N–H and O–H groups in total. The van der Waals surface area contributed by atoms with Gasteiger partial charge in [-0.3, -0.25) is 0 Å². The SMILES string of the molecule is CC(C)Cc1nn(-c2cc(OC(C)C)c(Cl)cc2Cl)c(=O)o1. The predicted octanol–water partition coefficient (Wildman–Crippen LogP) is 4.12. The van der Waals surface area contributed by atoms with Gasteiger partial charge >= 0.3 is 5.76 Å². The molecule has 0 aliphatic rings. The number of aromatic nitrogens is 2. The third-order valence-corrected chi connectivity index (χ3v) is 3.36. The van der Waals surface area contributed by atoms with Crippen LogP contribution >= 0.6 is 23.2 Å². The van der Waals surface area contributed by atoms with E-state index in [0.29, 0.717) is 39.7 Å². The van der Waals surface area contributed by atoms with Gasteiger partial charge in [-0.15, -0.1) is 5.10 Å². The first-order valence-electron chi connectivity index (χ1n) is 7.03. The Bertz CT molecular complexity index is 720. The average molecular weight is 345 g/mol. The molecular weight excluding hydrogens is 327 g/mol. The number of nitrogens with zero attached hydrogens (tertiary/aromatic N) is 2. The molecule has 2 aromatic rings. The maximum atomic E-state index is 12.0. The fraction of sp³-hybridized carbons (Fsp3) is 0.467. The first kappa shape index (κ1) is 16.9. The Hall–Kier alpha value is -1.46. The Kier molecular flexibility index (Phi) is 5.19. The van der Waals surface area contributed by atoms with Gasteiger partial charge in [0.05, 0.1) is 21.8 Å². The standard InChI is InChI=1S/C15H18Cl2N2O3/c1-8(2)5-14-18-19(15(20)22-14)12-7-13(21-9(3)4)11(17)6-10(12)16/h6-9H,5H2,1-4H3. The van der Waals surface area contributed by atoms with Gasteiger partial charge in [-0.1, -0.05) is 37.0 Å². The molecule has 2 rings (SSSR count). The molecule has 0 spiro atoms. The lowest BCUT2D eigenvalue weighted by molar-refractivity contribution is 0.242. The van der Waals surface area contributed by atoms with Gasteiger partial charge in [-0.2, -0.15) is 4.68 Å². The van der Waals surface area contributed by atoms with Gasteiger partial charge in [-0.05, 0) is 25.8 Å². The summed E-state index contributed by atoms with van der Waals surface area (Å²) >= 11 is 12.3. The van der Waals surface area contributed by atoms with E-state index in [4.69, 9.17) is 32.4 Å². The van der Waals surface area contributed by atoms with E-state index >= 15 is 0 Å². The molecular formula is C15H18Cl2N2O3. The molecule has 0 saturated heterocycles. The number of halogens is 2. The first-order chi connectivity index (χ1) is 10.3. The van der Waals surface area contributed by atoms with Gasteiger partial charge < -0.3 is 9.15 Å². The largest absolute Gasteiger partial charge is 0.489 e. The fourth-order valence-corrected chi connectivity index (χ4v) is 2.43. The number of benzene rings is 1. The van der Waals surface area contributed by atoms with Crippen molar-refractivity contribution < 1.29 is 9.15 Å². The van der Waals surface area contributed by atoms with Crippen LogP contribution in [0.1, 0.15) is 33.6 Å². The zero-order chi connectivity index (χ0) is 16.4. The highest BCUT2D eigenvalue weighted by atomic mass is 35.5. The highest BCUT2D eigenvalue weighted by molar-refractivity contribution is 6.36. The summed E-state index contributed by atoms with van der Waals surface area (Å²) in [4.78, 5) is 12.0. The Morgan fingerprint density at radius 3 is 2.50 bits per heavy atom. The summed E-state index contributed by atoms with van der Waals surface area (Å²) in [6, 6.07) is 3.12. The summed E-state index contributed by atoms with van der Waals surface area (Å²) in [5, 5.41) is 4.86. The van der Waals surface area contributed by atoms with Crippen LogP contribution in [0.3, 0.4) is 0 Å². The molecule has 1 heterocycles. The zero-order valence-corrected chi connectivity index (χ0v) is 14.4. The van der Waals surface area contributed by atoms with Crippen molar-refractivity contribution in [3.8, 4) is 11.4 Å². The van der Waals surface area contributed by atoms with Crippen LogP contribution in [0.25, 0.3) is 5.69 Å². The van der Waals surface area contributed by atoms with Crippen LogP contribution in [0.2, 0.25) is 10.0 Å². The highest BCUT2D eigenvalue weighted by Crippen LogP contribution is 2.33. The third kappa shape index (κ3) is 3.84. The lowest BCUT2D eigenvalue weighted by atomic mass is 10.1. The molecule has 0 radical (unpaired) electrons. The Morgan fingerprint density at radius 1 is 1.23 bits per heavy atom. The molecule has 0 aliphatic heterocycles. The van der Waals surface area contributed by atoms with Crippen molar-refractivity contribution >= 4 is 23.2 Å². The molecule has 0 fully saturated rings. The molecule has 5 nitrogen and oxygen atoms in total. The number of hydrogen-bond donors (Lipinski definition) is 0. The van der Waals surface area contributed by atoms with E-state index in [0.717, 1.165) is 4.68 Å². The fourth-order valence-electron chi connectivity index (χ4n) is 1.93. The van der Waals surface area contributed by atoms with Crippen LogP contribution in [0.4, 0.5) is 0 Å². The molecule has 0 aliphatic carbocycles. The molecule has 22 heavy (non-hydrogen) atoms. The molecule has 120 valence electrons. The number of hydrogen-bond acceptors (Lipinski definition) is 4. The monoisotopic (exact) mass is 344 g/mol. The Morgan fingerprint density at radius 2 is 1.91 bits per heavy atom. The molecule has 0 saturated carbocycles. The van der Waals surface area contributed by atoms with Crippen LogP contribution in [0.15, 0.2) is 21.3 Å². The summed E-state index contributed by atoms with van der Waals surface area (Å²) in [5.74, 6) is 0.552. The number of rotatable bonds is 5. The van der Waals surface area contributed by atoms with E-state index in [-0.39, 0.29) is 6.10 Å². The van der Waals surface area contributed by atoms with E-state index in [1.54, 1.807) is 6.07 Å². The van der Waals surface area contributed by atoms with E-state index in [9.17, 15) is 4.79 Å². The third-order valence-electron chi connectivity index (χ3n) is 2.76. The molecule has 0 amide bonds. The van der Waals surface area contributed by atoms with Gasteiger partial charge in [0, 0.05) is 12.5 Å². The van der Waals surface area contributed by atoms with Gasteiger partial charge in [0.1, 0.15) is 5.75 Å². The summed E-state index contributed by atoms with van der Waals surface area (Å²) in [7, 11) is 0. The van der Waals surface area contributed by atoms with Gasteiger partial charge in [-0.25, -0.2) is 4.79 Å². The lowest BCUT2D eigenvalue weighted by Gasteiger charge is -2.13. The van der Waals surface area contributed by atoms with Crippen molar-refractivity contribution in [1.29, 1.82) is 0 Å². The molecule has 0 unspecified atom stereocenters. The minimum absolute atomic E-state index is 0.0583. The minimum atomic E-state index is -0.588. The summed E-state index contributed by atoms with van der Waals surface area (Å²) in [6.07, 6.45) is 0.514. The second-order valence-electron chi connectivity index (χ2n) is 5.67. The van der Waals surface area contributed by atoms with Crippen molar-refractivity contribution in [3.63, 3.8) is 0 Å². The average Bonchev–Trinajstić information content (AvgIpc) is 2.72. The van der Waals surface area contributed by atoms with Crippen LogP contribution in [0, 0.1) is 5.92 Å². The minimum Gasteiger partial charge on any atom is -0.489 e. The second kappa shape index (κ2) is 6.75. The van der Waals surface area contributed by atoms with Crippen LogP contribution < -0.4 is 10.5 Å². The molecule has 1 aromatic heterocycles. The smallest absolute Gasteiger partial charge is 0.442 e. The molecule has 0 atom stereocenters. The van der Waals surface area contributed by atoms with Crippen molar-refractivity contribution in [3.05, 3.63) is 38.6 Å². The van der Waals surface area contributed by atoms with E-state index in [1.807, 2.05) is 27.7 Å². The zero-order valence-electron chi connectivity index (χ0n) is 12.9. The normalized spacial score (nSPS) is 11.5. The van der Waals surface area contributed by atoms with E-state index in [1.165, 1.54) is 6.07 Å². The summed E-state index contributed by atoms with van der Waals surface area (Å²) in [6.45, 7) is 7.80. The Balaban J connectivity index is 2.48. The maximum Gasteiger partial charge on any atom is 0.442 e. The van der Waals surface area contributed by atoms with Crippen molar-refractivity contribution in [2.24, 2.45) is 5.92 Å². The van der Waals surface area contributed by atoms with Crippen LogP contribution in [-0.4, -0.2) is 15.9 Å². The van der Waals surface area contributed by atoms with Gasteiger partial charge in [0.25, 0.3) is 0 Å². The Labute approximate surface area is 138 Å². The first-order valence-corrected chi connectivity index (χ1v) is 7.78.